The largest absolute Gasteiger partial charge is 0.390 e. The minimum atomic E-state index is -1.50. The third-order valence-electron chi connectivity index (χ3n) is 7.00. The summed E-state index contributed by atoms with van der Waals surface area (Å²) in [4.78, 5) is 11.5. The molecule has 4 aliphatic rings. The van der Waals surface area contributed by atoms with Crippen molar-refractivity contribution in [1.29, 1.82) is 0 Å². The zero-order chi connectivity index (χ0) is 15.7. The molecule has 3 nitrogen and oxygen atoms in total. The van der Waals surface area contributed by atoms with Crippen molar-refractivity contribution in [3.63, 3.8) is 0 Å². The Morgan fingerprint density at radius 1 is 1.27 bits per heavy atom. The molecule has 4 rings (SSSR count). The van der Waals surface area contributed by atoms with Crippen molar-refractivity contribution in [2.45, 2.75) is 56.9 Å². The van der Waals surface area contributed by atoms with E-state index in [4.69, 9.17) is 0 Å². The molecule has 0 aromatic heterocycles. The lowest BCUT2D eigenvalue weighted by atomic mass is 9.52. The van der Waals surface area contributed by atoms with Gasteiger partial charge in [0, 0.05) is 5.92 Å². The molecule has 120 valence electrons. The summed E-state index contributed by atoms with van der Waals surface area (Å²) in [5.74, 6) is 0.0866. The summed E-state index contributed by atoms with van der Waals surface area (Å²) in [6.45, 7) is 2.05. The quantitative estimate of drug-likeness (QED) is 0.722. The summed E-state index contributed by atoms with van der Waals surface area (Å²) in [6, 6.07) is 0. The highest BCUT2D eigenvalue weighted by molar-refractivity contribution is 6.01. The molecule has 0 aromatic rings. The van der Waals surface area contributed by atoms with E-state index in [2.05, 4.69) is 0 Å². The Kier molecular flexibility index (Phi) is 2.99. The molecule has 0 saturated heterocycles. The molecule has 7 atom stereocenters. The predicted molar refractivity (Wildman–Crippen MR) is 79.7 cm³/mol. The molecule has 0 unspecified atom stereocenters. The monoisotopic (exact) mass is 306 g/mol. The zero-order valence-corrected chi connectivity index (χ0v) is 12.8. The normalized spacial score (nSPS) is 53.5. The van der Waals surface area contributed by atoms with Gasteiger partial charge < -0.3 is 10.2 Å². The molecular formula is C18H23FO3. The van der Waals surface area contributed by atoms with Crippen LogP contribution in [0.5, 0.6) is 0 Å². The van der Waals surface area contributed by atoms with Crippen molar-refractivity contribution in [1.82, 2.24) is 0 Å². The van der Waals surface area contributed by atoms with Gasteiger partial charge in [-0.15, -0.1) is 0 Å². The Bertz CT molecular complexity index is 583. The van der Waals surface area contributed by atoms with Crippen LogP contribution in [0.15, 0.2) is 23.8 Å². The van der Waals surface area contributed by atoms with Crippen LogP contribution in [-0.4, -0.2) is 33.9 Å². The van der Waals surface area contributed by atoms with Crippen molar-refractivity contribution in [3.8, 4) is 0 Å². The van der Waals surface area contributed by atoms with E-state index in [9.17, 15) is 15.0 Å². The number of ketones is 1. The van der Waals surface area contributed by atoms with E-state index >= 15 is 4.39 Å². The Morgan fingerprint density at radius 3 is 2.82 bits per heavy atom. The van der Waals surface area contributed by atoms with E-state index in [0.29, 0.717) is 24.8 Å². The molecule has 0 aliphatic heterocycles. The summed E-state index contributed by atoms with van der Waals surface area (Å²) in [5, 5.41) is 20.5. The summed E-state index contributed by atoms with van der Waals surface area (Å²) in [6.07, 6.45) is 6.36. The van der Waals surface area contributed by atoms with Crippen molar-refractivity contribution in [3.05, 3.63) is 23.8 Å². The van der Waals surface area contributed by atoms with Gasteiger partial charge in [-0.2, -0.15) is 0 Å². The fourth-order valence-corrected chi connectivity index (χ4v) is 5.79. The topological polar surface area (TPSA) is 57.5 Å². The van der Waals surface area contributed by atoms with E-state index in [1.807, 2.05) is 6.92 Å². The van der Waals surface area contributed by atoms with E-state index in [-0.39, 0.29) is 29.0 Å². The van der Waals surface area contributed by atoms with E-state index in [1.165, 1.54) is 18.2 Å². The lowest BCUT2D eigenvalue weighted by Crippen LogP contribution is -2.52. The molecule has 2 N–H and O–H groups in total. The molecule has 3 fully saturated rings. The first-order valence-corrected chi connectivity index (χ1v) is 8.35. The maximum atomic E-state index is 15.7. The van der Waals surface area contributed by atoms with Crippen molar-refractivity contribution in [2.75, 3.05) is 0 Å². The van der Waals surface area contributed by atoms with Crippen LogP contribution in [0.25, 0.3) is 0 Å². The van der Waals surface area contributed by atoms with Gasteiger partial charge in [-0.3, -0.25) is 4.79 Å². The number of hydrogen-bond acceptors (Lipinski definition) is 3. The van der Waals surface area contributed by atoms with Crippen LogP contribution in [0.1, 0.15) is 39.0 Å². The molecule has 0 spiro atoms. The first-order valence-electron chi connectivity index (χ1n) is 8.35. The number of allylic oxidation sites excluding steroid dienone is 4. The smallest absolute Gasteiger partial charge is 0.178 e. The summed E-state index contributed by atoms with van der Waals surface area (Å²) in [5.41, 5.74) is -1.17. The van der Waals surface area contributed by atoms with Crippen LogP contribution >= 0.6 is 0 Å². The van der Waals surface area contributed by atoms with Gasteiger partial charge in [0.1, 0.15) is 0 Å². The Hall–Kier alpha value is -1.00. The fraction of sp³-hybridized carbons (Fsp3) is 0.722. The Labute approximate surface area is 129 Å². The minimum Gasteiger partial charge on any atom is -0.390 e. The number of carbonyl (C=O) groups excluding carboxylic acids is 1. The van der Waals surface area contributed by atoms with Crippen molar-refractivity contribution < 1.29 is 19.4 Å². The van der Waals surface area contributed by atoms with Crippen molar-refractivity contribution in [2.24, 2.45) is 23.2 Å². The molecule has 0 heterocycles. The summed E-state index contributed by atoms with van der Waals surface area (Å²) < 4.78 is 15.7. The lowest BCUT2D eigenvalue weighted by molar-refractivity contribution is -0.111. The maximum Gasteiger partial charge on any atom is 0.178 e. The van der Waals surface area contributed by atoms with E-state index in [0.717, 1.165) is 12.8 Å². The second-order valence-electron chi connectivity index (χ2n) is 7.88. The number of hydrogen-bond donors (Lipinski definition) is 2. The highest BCUT2D eigenvalue weighted by Crippen LogP contribution is 2.62. The molecule has 22 heavy (non-hydrogen) atoms. The van der Waals surface area contributed by atoms with Gasteiger partial charge >= 0.3 is 0 Å². The number of aliphatic hydroxyl groups is 2. The van der Waals surface area contributed by atoms with Crippen LogP contribution < -0.4 is 0 Å². The summed E-state index contributed by atoms with van der Waals surface area (Å²) in [7, 11) is 0. The molecule has 3 saturated carbocycles. The van der Waals surface area contributed by atoms with E-state index in [1.54, 1.807) is 0 Å². The Morgan fingerprint density at radius 2 is 2.05 bits per heavy atom. The predicted octanol–water partition coefficient (Wildman–Crippen LogP) is 2.33. The average molecular weight is 306 g/mol. The van der Waals surface area contributed by atoms with Gasteiger partial charge in [0.15, 0.2) is 11.5 Å². The zero-order valence-electron chi connectivity index (χ0n) is 12.8. The lowest BCUT2D eigenvalue weighted by Gasteiger charge is -2.54. The third kappa shape index (κ3) is 1.71. The van der Waals surface area contributed by atoms with Gasteiger partial charge in [0.05, 0.1) is 12.2 Å². The van der Waals surface area contributed by atoms with Gasteiger partial charge in [0.25, 0.3) is 0 Å². The first kappa shape index (κ1) is 14.6. The summed E-state index contributed by atoms with van der Waals surface area (Å²) >= 11 is 0. The van der Waals surface area contributed by atoms with Crippen LogP contribution in [0.2, 0.25) is 0 Å². The number of rotatable bonds is 0. The number of fused-ring (bicyclic) bond motifs is 5. The minimum absolute atomic E-state index is 0.117. The number of carbonyl (C=O) groups is 1. The molecular weight excluding hydrogens is 283 g/mol. The fourth-order valence-electron chi connectivity index (χ4n) is 5.79. The molecule has 4 aliphatic carbocycles. The van der Waals surface area contributed by atoms with Crippen molar-refractivity contribution >= 4 is 5.78 Å². The SMILES string of the molecule is C[C@]12CC[C@H]3[C@@H](CCC4=CC(=O)C=C[C@@]43F)[C@@H]1C[C@@H](O)[C@@H]2O. The van der Waals surface area contributed by atoms with Gasteiger partial charge in [-0.25, -0.2) is 4.39 Å². The third-order valence-corrected chi connectivity index (χ3v) is 7.00. The second kappa shape index (κ2) is 4.51. The average Bonchev–Trinajstić information content (AvgIpc) is 2.72. The second-order valence-corrected chi connectivity index (χ2v) is 7.88. The van der Waals surface area contributed by atoms with Crippen LogP contribution in [-0.2, 0) is 4.79 Å². The number of alkyl halides is 1. The van der Waals surface area contributed by atoms with Crippen LogP contribution in [0, 0.1) is 23.2 Å². The van der Waals surface area contributed by atoms with Crippen LogP contribution in [0.3, 0.4) is 0 Å². The number of halogens is 1. The molecule has 0 bridgehead atoms. The molecule has 0 aromatic carbocycles. The van der Waals surface area contributed by atoms with E-state index < -0.39 is 17.9 Å². The standard InChI is InChI=1S/C18H23FO3/c1-17-6-5-13-12(14(17)9-15(21)16(17)22)3-2-10-8-11(20)4-7-18(10,13)19/h4,7-8,12-16,21-22H,2-3,5-6,9H2,1H3/t12-,13+,14+,15-,16+,17+,18-/m1/s1. The van der Waals surface area contributed by atoms with Crippen LogP contribution in [0.4, 0.5) is 4.39 Å². The highest BCUT2D eigenvalue weighted by atomic mass is 19.1. The Balaban J connectivity index is 1.71. The number of aliphatic hydroxyl groups excluding tert-OH is 2. The maximum absolute atomic E-state index is 15.7. The molecule has 4 heteroatoms. The molecule has 0 radical (unpaired) electrons. The van der Waals surface area contributed by atoms with Gasteiger partial charge in [-0.05, 0) is 73.2 Å². The first-order chi connectivity index (χ1) is 10.4. The van der Waals surface area contributed by atoms with Gasteiger partial charge in [-0.1, -0.05) is 6.92 Å². The van der Waals surface area contributed by atoms with Gasteiger partial charge in [0.2, 0.25) is 0 Å². The highest BCUT2D eigenvalue weighted by Gasteiger charge is 2.62. The molecule has 0 amide bonds.